The summed E-state index contributed by atoms with van der Waals surface area (Å²) in [5, 5.41) is 0. The topological polar surface area (TPSA) is 58.4 Å². The highest BCUT2D eigenvalue weighted by molar-refractivity contribution is 5.81. The van der Waals surface area contributed by atoms with Crippen LogP contribution in [0, 0.1) is 5.92 Å². The third-order valence-corrected chi connectivity index (χ3v) is 6.07. The summed E-state index contributed by atoms with van der Waals surface area (Å²) in [7, 11) is 0. The predicted octanol–water partition coefficient (Wildman–Crippen LogP) is 2.98. The summed E-state index contributed by atoms with van der Waals surface area (Å²) in [5.74, 6) is 1.77. The molecule has 2 aromatic rings. The van der Waals surface area contributed by atoms with Crippen molar-refractivity contribution >= 4 is 22.8 Å². The van der Waals surface area contributed by atoms with E-state index in [1.165, 1.54) is 0 Å². The number of nitrogens with zero attached hydrogens (tertiary/aromatic N) is 4. The molecule has 4 rings (SSSR count). The highest BCUT2D eigenvalue weighted by Gasteiger charge is 2.33. The van der Waals surface area contributed by atoms with Crippen LogP contribution in [0.2, 0.25) is 0 Å². The number of likely N-dealkylation sites (tertiary alicyclic amines) is 2. The van der Waals surface area contributed by atoms with Crippen LogP contribution in [0.15, 0.2) is 24.3 Å². The van der Waals surface area contributed by atoms with E-state index in [1.54, 1.807) is 6.92 Å². The molecule has 1 aromatic heterocycles. The van der Waals surface area contributed by atoms with Crippen molar-refractivity contribution in [3.05, 3.63) is 30.1 Å². The molecule has 6 nitrogen and oxygen atoms in total. The van der Waals surface area contributed by atoms with E-state index in [0.29, 0.717) is 12.5 Å². The number of aromatic nitrogens is 2. The Kier molecular flexibility index (Phi) is 4.89. The van der Waals surface area contributed by atoms with Gasteiger partial charge in [-0.05, 0) is 43.7 Å². The third-order valence-electron chi connectivity index (χ3n) is 6.07. The van der Waals surface area contributed by atoms with Gasteiger partial charge in [0.1, 0.15) is 12.4 Å². The molecule has 1 aromatic carbocycles. The summed E-state index contributed by atoms with van der Waals surface area (Å²) in [6, 6.07) is 7.91. The van der Waals surface area contributed by atoms with Gasteiger partial charge in [0.15, 0.2) is 0 Å². The van der Waals surface area contributed by atoms with Gasteiger partial charge in [-0.1, -0.05) is 19.1 Å². The maximum Gasteiger partial charge on any atom is 0.242 e. The Labute approximate surface area is 160 Å². The van der Waals surface area contributed by atoms with E-state index >= 15 is 0 Å². The van der Waals surface area contributed by atoms with Crippen LogP contribution in [0.25, 0.3) is 11.0 Å². The minimum atomic E-state index is -0.0379. The summed E-state index contributed by atoms with van der Waals surface area (Å²) in [6.45, 7) is 6.61. The second-order valence-corrected chi connectivity index (χ2v) is 7.98. The first-order chi connectivity index (χ1) is 13.0. The van der Waals surface area contributed by atoms with Crippen molar-refractivity contribution in [2.24, 2.45) is 5.92 Å². The maximum atomic E-state index is 13.0. The summed E-state index contributed by atoms with van der Waals surface area (Å²) in [5.41, 5.74) is 1.87. The van der Waals surface area contributed by atoms with E-state index < -0.39 is 0 Å². The van der Waals surface area contributed by atoms with Crippen molar-refractivity contribution in [1.29, 1.82) is 0 Å². The van der Waals surface area contributed by atoms with Crippen molar-refractivity contribution in [2.45, 2.75) is 52.1 Å². The van der Waals surface area contributed by atoms with Crippen LogP contribution in [0.4, 0.5) is 0 Å². The van der Waals surface area contributed by atoms with Crippen molar-refractivity contribution in [1.82, 2.24) is 19.4 Å². The van der Waals surface area contributed by atoms with Crippen molar-refractivity contribution in [3.8, 4) is 0 Å². The standard InChI is InChI=1S/C21H28N4O2/c1-15-9-12-23(13-10-15)20(27)14-25-18-7-4-3-6-17(18)22-21(25)19-8-5-11-24(19)16(2)26/h3-4,6-7,15,19H,5,8-14H2,1-2H3. The normalized spacial score (nSPS) is 21.2. The molecule has 2 aliphatic heterocycles. The lowest BCUT2D eigenvalue weighted by atomic mass is 9.99. The molecule has 0 radical (unpaired) electrons. The van der Waals surface area contributed by atoms with E-state index in [4.69, 9.17) is 4.98 Å². The molecule has 0 saturated carbocycles. The number of carbonyl (C=O) groups excluding carboxylic acids is 2. The van der Waals surface area contributed by atoms with Gasteiger partial charge in [0, 0.05) is 26.6 Å². The Morgan fingerprint density at radius 1 is 1.11 bits per heavy atom. The molecule has 2 aliphatic rings. The van der Waals surface area contributed by atoms with Crippen molar-refractivity contribution < 1.29 is 9.59 Å². The van der Waals surface area contributed by atoms with E-state index in [2.05, 4.69) is 6.92 Å². The van der Waals surface area contributed by atoms with Gasteiger partial charge in [-0.25, -0.2) is 4.98 Å². The summed E-state index contributed by atoms with van der Waals surface area (Å²) in [6.07, 6.45) is 4.03. The number of rotatable bonds is 3. The highest BCUT2D eigenvalue weighted by atomic mass is 16.2. The molecular weight excluding hydrogens is 340 g/mol. The largest absolute Gasteiger partial charge is 0.341 e. The highest BCUT2D eigenvalue weighted by Crippen LogP contribution is 2.33. The zero-order valence-electron chi connectivity index (χ0n) is 16.2. The lowest BCUT2D eigenvalue weighted by molar-refractivity contribution is -0.133. The number of carbonyl (C=O) groups is 2. The third kappa shape index (κ3) is 3.45. The minimum absolute atomic E-state index is 0.0379. The second kappa shape index (κ2) is 7.33. The molecule has 0 spiro atoms. The molecule has 0 bridgehead atoms. The van der Waals surface area contributed by atoms with Crippen molar-refractivity contribution in [2.75, 3.05) is 19.6 Å². The SMILES string of the molecule is CC(=O)N1CCCC1c1nc2ccccc2n1CC(=O)N1CCC(C)CC1. The van der Waals surface area contributed by atoms with Gasteiger partial charge >= 0.3 is 0 Å². The molecule has 6 heteroatoms. The number of amides is 2. The van der Waals surface area contributed by atoms with Gasteiger partial charge in [-0.3, -0.25) is 9.59 Å². The smallest absolute Gasteiger partial charge is 0.242 e. The van der Waals surface area contributed by atoms with Crippen LogP contribution < -0.4 is 0 Å². The van der Waals surface area contributed by atoms with Gasteiger partial charge in [0.2, 0.25) is 11.8 Å². The second-order valence-electron chi connectivity index (χ2n) is 7.98. The lowest BCUT2D eigenvalue weighted by Gasteiger charge is -2.31. The molecule has 2 amide bonds. The average Bonchev–Trinajstić information content (AvgIpc) is 3.27. The fourth-order valence-electron chi connectivity index (χ4n) is 4.42. The molecule has 144 valence electrons. The van der Waals surface area contributed by atoms with Crippen molar-refractivity contribution in [3.63, 3.8) is 0 Å². The molecule has 2 fully saturated rings. The quantitative estimate of drug-likeness (QED) is 0.837. The number of benzene rings is 1. The first-order valence-electron chi connectivity index (χ1n) is 10.0. The Bertz CT molecular complexity index is 851. The maximum absolute atomic E-state index is 13.0. The molecule has 1 atom stereocenters. The van der Waals surface area contributed by atoms with Crippen LogP contribution in [-0.4, -0.2) is 50.8 Å². The first kappa shape index (κ1) is 18.0. The van der Waals surface area contributed by atoms with Crippen LogP contribution in [-0.2, 0) is 16.1 Å². The Balaban J connectivity index is 1.66. The monoisotopic (exact) mass is 368 g/mol. The molecule has 0 N–H and O–H groups in total. The van der Waals surface area contributed by atoms with Gasteiger partial charge in [-0.15, -0.1) is 0 Å². The number of imidazole rings is 1. The summed E-state index contributed by atoms with van der Waals surface area (Å²) >= 11 is 0. The fourth-order valence-corrected chi connectivity index (χ4v) is 4.42. The Hall–Kier alpha value is -2.37. The van der Waals surface area contributed by atoms with Crippen LogP contribution >= 0.6 is 0 Å². The summed E-state index contributed by atoms with van der Waals surface area (Å²) in [4.78, 5) is 33.8. The number of para-hydroxylation sites is 2. The summed E-state index contributed by atoms with van der Waals surface area (Å²) < 4.78 is 2.04. The minimum Gasteiger partial charge on any atom is -0.341 e. The van der Waals surface area contributed by atoms with Gasteiger partial charge < -0.3 is 14.4 Å². The molecule has 2 saturated heterocycles. The van der Waals surface area contributed by atoms with E-state index in [-0.39, 0.29) is 17.9 Å². The Morgan fingerprint density at radius 3 is 2.59 bits per heavy atom. The average molecular weight is 368 g/mol. The fraction of sp³-hybridized carbons (Fsp3) is 0.571. The van der Waals surface area contributed by atoms with Crippen LogP contribution in [0.5, 0.6) is 0 Å². The molecule has 0 aliphatic carbocycles. The molecule has 1 unspecified atom stereocenters. The van der Waals surface area contributed by atoms with Crippen LogP contribution in [0.1, 0.15) is 51.4 Å². The first-order valence-corrected chi connectivity index (χ1v) is 10.0. The molecule has 27 heavy (non-hydrogen) atoms. The Morgan fingerprint density at radius 2 is 1.85 bits per heavy atom. The predicted molar refractivity (Wildman–Crippen MR) is 104 cm³/mol. The van der Waals surface area contributed by atoms with Crippen LogP contribution in [0.3, 0.4) is 0 Å². The van der Waals surface area contributed by atoms with E-state index in [0.717, 1.165) is 62.2 Å². The molecule has 3 heterocycles. The van der Waals surface area contributed by atoms with Gasteiger partial charge in [0.25, 0.3) is 0 Å². The van der Waals surface area contributed by atoms with E-state index in [1.807, 2.05) is 38.6 Å². The number of fused-ring (bicyclic) bond motifs is 1. The van der Waals surface area contributed by atoms with E-state index in [9.17, 15) is 9.59 Å². The molecular formula is C21H28N4O2. The number of hydrogen-bond donors (Lipinski definition) is 0. The number of hydrogen-bond acceptors (Lipinski definition) is 3. The van der Waals surface area contributed by atoms with Gasteiger partial charge in [0.05, 0.1) is 17.1 Å². The zero-order valence-corrected chi connectivity index (χ0v) is 16.2. The van der Waals surface area contributed by atoms with Gasteiger partial charge in [-0.2, -0.15) is 0 Å². The lowest BCUT2D eigenvalue weighted by Crippen LogP contribution is -2.40. The zero-order chi connectivity index (χ0) is 19.0. The number of piperidine rings is 1.